The molecule has 0 aliphatic heterocycles. The molecular formula is C14H17BrN4OS. The monoisotopic (exact) mass is 368 g/mol. The number of anilines is 3. The van der Waals surface area contributed by atoms with Crippen LogP contribution in [0, 0.1) is 0 Å². The maximum Gasteiger partial charge on any atom is 0.269 e. The minimum Gasteiger partial charge on any atom is -0.382 e. The highest BCUT2D eigenvalue weighted by molar-refractivity contribution is 9.10. The molecule has 0 unspecified atom stereocenters. The fourth-order valence-corrected chi connectivity index (χ4v) is 3.25. The van der Waals surface area contributed by atoms with E-state index < -0.39 is 0 Å². The average Bonchev–Trinajstić information content (AvgIpc) is 2.85. The van der Waals surface area contributed by atoms with Gasteiger partial charge >= 0.3 is 0 Å². The highest BCUT2D eigenvalue weighted by atomic mass is 79.9. The molecule has 21 heavy (non-hydrogen) atoms. The number of nitrogens with zero attached hydrogens (tertiary/aromatic N) is 2. The van der Waals surface area contributed by atoms with Crippen molar-refractivity contribution in [1.29, 1.82) is 0 Å². The van der Waals surface area contributed by atoms with Crippen LogP contribution in [0.4, 0.5) is 16.6 Å². The number of nitrogens with one attached hydrogen (secondary N) is 1. The predicted octanol–water partition coefficient (Wildman–Crippen LogP) is 3.59. The molecule has 1 amide bonds. The van der Waals surface area contributed by atoms with Crippen LogP contribution in [0.3, 0.4) is 0 Å². The fourth-order valence-electron chi connectivity index (χ4n) is 1.85. The highest BCUT2D eigenvalue weighted by Crippen LogP contribution is 2.29. The summed E-state index contributed by atoms with van der Waals surface area (Å²) >= 11 is 4.71. The molecular weight excluding hydrogens is 352 g/mol. The van der Waals surface area contributed by atoms with Crippen LogP contribution >= 0.6 is 27.3 Å². The summed E-state index contributed by atoms with van der Waals surface area (Å²) in [6.45, 7) is 5.74. The number of nitrogen functional groups attached to an aromatic ring is 1. The van der Waals surface area contributed by atoms with Crippen LogP contribution in [0.1, 0.15) is 23.5 Å². The number of rotatable bonds is 5. The van der Waals surface area contributed by atoms with Crippen molar-refractivity contribution in [3.8, 4) is 0 Å². The normalized spacial score (nSPS) is 10.4. The Morgan fingerprint density at radius 1 is 1.38 bits per heavy atom. The van der Waals surface area contributed by atoms with Crippen molar-refractivity contribution in [1.82, 2.24) is 4.98 Å². The number of amides is 1. The lowest BCUT2D eigenvalue weighted by Gasteiger charge is -2.16. The van der Waals surface area contributed by atoms with Gasteiger partial charge in [0.15, 0.2) is 5.13 Å². The second-order valence-corrected chi connectivity index (χ2v) is 6.15. The summed E-state index contributed by atoms with van der Waals surface area (Å²) in [7, 11) is 0. The lowest BCUT2D eigenvalue weighted by Crippen LogP contribution is -2.21. The second kappa shape index (κ2) is 6.91. The SMILES string of the molecule is CCN(CC)c1nc(N)c(C(=O)Nc2ccccc2Br)s1. The molecule has 2 rings (SSSR count). The number of carbonyl (C=O) groups is 1. The number of aromatic nitrogens is 1. The van der Waals surface area contributed by atoms with Gasteiger partial charge in [-0.25, -0.2) is 4.98 Å². The van der Waals surface area contributed by atoms with Gasteiger partial charge in [-0.3, -0.25) is 4.79 Å². The Hall–Kier alpha value is -1.60. The van der Waals surface area contributed by atoms with Gasteiger partial charge in [0, 0.05) is 17.6 Å². The molecule has 2 aromatic rings. The predicted molar refractivity (Wildman–Crippen MR) is 92.2 cm³/mol. The van der Waals surface area contributed by atoms with E-state index in [0.717, 1.165) is 22.7 Å². The molecule has 0 fully saturated rings. The minimum absolute atomic E-state index is 0.240. The Morgan fingerprint density at radius 2 is 2.05 bits per heavy atom. The van der Waals surface area contributed by atoms with Crippen LogP contribution < -0.4 is 16.0 Å². The van der Waals surface area contributed by atoms with Crippen LogP contribution in [0.15, 0.2) is 28.7 Å². The van der Waals surface area contributed by atoms with Crippen molar-refractivity contribution in [2.75, 3.05) is 29.0 Å². The van der Waals surface area contributed by atoms with Crippen LogP contribution in [0.2, 0.25) is 0 Å². The molecule has 0 aliphatic rings. The van der Waals surface area contributed by atoms with E-state index in [1.807, 2.05) is 38.1 Å². The highest BCUT2D eigenvalue weighted by Gasteiger charge is 2.19. The minimum atomic E-state index is -0.240. The zero-order valence-corrected chi connectivity index (χ0v) is 14.3. The molecule has 3 N–H and O–H groups in total. The first kappa shape index (κ1) is 15.8. The number of para-hydroxylation sites is 1. The number of hydrogen-bond acceptors (Lipinski definition) is 5. The standard InChI is InChI=1S/C14H17BrN4OS/c1-3-19(4-2)14-18-12(16)11(21-14)13(20)17-10-8-6-5-7-9(10)15/h5-8H,3-4,16H2,1-2H3,(H,17,20). The first-order chi connectivity index (χ1) is 10.1. The Kier molecular flexibility index (Phi) is 5.19. The molecule has 1 aromatic carbocycles. The Balaban J connectivity index is 2.22. The van der Waals surface area contributed by atoms with Gasteiger partial charge < -0.3 is 16.0 Å². The molecule has 0 saturated heterocycles. The van der Waals surface area contributed by atoms with Crippen LogP contribution in [0.25, 0.3) is 0 Å². The smallest absolute Gasteiger partial charge is 0.269 e. The summed E-state index contributed by atoms with van der Waals surface area (Å²) in [6.07, 6.45) is 0. The first-order valence-electron chi connectivity index (χ1n) is 6.63. The maximum absolute atomic E-state index is 12.3. The molecule has 0 atom stereocenters. The van der Waals surface area contributed by atoms with Gasteiger partial charge in [0.1, 0.15) is 10.7 Å². The van der Waals surface area contributed by atoms with E-state index in [9.17, 15) is 4.79 Å². The number of benzene rings is 1. The van der Waals surface area contributed by atoms with Gasteiger partial charge in [-0.2, -0.15) is 0 Å². The number of thiazole rings is 1. The van der Waals surface area contributed by atoms with Gasteiger partial charge in [-0.1, -0.05) is 23.5 Å². The third-order valence-electron chi connectivity index (χ3n) is 3.00. The zero-order valence-electron chi connectivity index (χ0n) is 11.9. The van der Waals surface area contributed by atoms with E-state index in [4.69, 9.17) is 5.73 Å². The van der Waals surface area contributed by atoms with Crippen LogP contribution in [-0.4, -0.2) is 24.0 Å². The molecule has 0 spiro atoms. The molecule has 5 nitrogen and oxygen atoms in total. The quantitative estimate of drug-likeness (QED) is 0.845. The van der Waals surface area contributed by atoms with Crippen molar-refractivity contribution in [2.24, 2.45) is 0 Å². The molecule has 1 aromatic heterocycles. The van der Waals surface area contributed by atoms with E-state index in [2.05, 4.69) is 31.1 Å². The third kappa shape index (κ3) is 3.54. The molecule has 112 valence electrons. The van der Waals surface area contributed by atoms with Crippen molar-refractivity contribution in [3.63, 3.8) is 0 Å². The molecule has 0 bridgehead atoms. The average molecular weight is 369 g/mol. The van der Waals surface area contributed by atoms with Gasteiger partial charge in [-0.15, -0.1) is 0 Å². The molecule has 0 aliphatic carbocycles. The topological polar surface area (TPSA) is 71.2 Å². The lowest BCUT2D eigenvalue weighted by molar-refractivity contribution is 0.103. The second-order valence-electron chi connectivity index (χ2n) is 4.32. The molecule has 1 heterocycles. The van der Waals surface area contributed by atoms with E-state index in [0.29, 0.717) is 10.6 Å². The molecule has 0 radical (unpaired) electrons. The summed E-state index contributed by atoms with van der Waals surface area (Å²) < 4.78 is 0.824. The van der Waals surface area contributed by atoms with Gasteiger partial charge in [0.05, 0.1) is 5.69 Å². The largest absolute Gasteiger partial charge is 0.382 e. The van der Waals surface area contributed by atoms with Gasteiger partial charge in [-0.05, 0) is 41.9 Å². The van der Waals surface area contributed by atoms with Crippen LogP contribution in [-0.2, 0) is 0 Å². The van der Waals surface area contributed by atoms with E-state index in [-0.39, 0.29) is 11.7 Å². The first-order valence-corrected chi connectivity index (χ1v) is 8.24. The van der Waals surface area contributed by atoms with Crippen molar-refractivity contribution >= 4 is 49.8 Å². The maximum atomic E-state index is 12.3. The van der Waals surface area contributed by atoms with Crippen molar-refractivity contribution in [3.05, 3.63) is 33.6 Å². The van der Waals surface area contributed by atoms with Crippen molar-refractivity contribution < 1.29 is 4.79 Å². The number of halogens is 1. The lowest BCUT2D eigenvalue weighted by atomic mass is 10.3. The Morgan fingerprint density at radius 3 is 2.67 bits per heavy atom. The molecule has 0 saturated carbocycles. The van der Waals surface area contributed by atoms with Crippen LogP contribution in [0.5, 0.6) is 0 Å². The molecule has 7 heteroatoms. The van der Waals surface area contributed by atoms with Gasteiger partial charge in [0.2, 0.25) is 0 Å². The summed E-state index contributed by atoms with van der Waals surface area (Å²) in [6, 6.07) is 7.44. The third-order valence-corrected chi connectivity index (χ3v) is 4.83. The summed E-state index contributed by atoms with van der Waals surface area (Å²) in [4.78, 5) is 19.1. The van der Waals surface area contributed by atoms with E-state index >= 15 is 0 Å². The fraction of sp³-hybridized carbons (Fsp3) is 0.286. The summed E-state index contributed by atoms with van der Waals surface area (Å²) in [5, 5.41) is 3.61. The summed E-state index contributed by atoms with van der Waals surface area (Å²) in [5.74, 6) is 0.0294. The number of carbonyl (C=O) groups excluding carboxylic acids is 1. The Bertz CT molecular complexity index is 640. The van der Waals surface area contributed by atoms with E-state index in [1.165, 1.54) is 11.3 Å². The zero-order chi connectivity index (χ0) is 15.4. The Labute approximate surface area is 136 Å². The van der Waals surface area contributed by atoms with Crippen molar-refractivity contribution in [2.45, 2.75) is 13.8 Å². The summed E-state index contributed by atoms with van der Waals surface area (Å²) in [5.41, 5.74) is 6.59. The number of nitrogens with two attached hydrogens (primary N) is 1. The van der Waals surface area contributed by atoms with E-state index in [1.54, 1.807) is 0 Å². The number of hydrogen-bond donors (Lipinski definition) is 2. The van der Waals surface area contributed by atoms with Gasteiger partial charge in [0.25, 0.3) is 5.91 Å².